The molecule has 0 aliphatic rings. The fourth-order valence-electron chi connectivity index (χ4n) is 5.43. The molecular formula is C42H74O5. The maximum absolute atomic E-state index is 12.1. The quantitative estimate of drug-likeness (QED) is 0.0417. The van der Waals surface area contributed by atoms with Crippen LogP contribution in [-0.4, -0.2) is 36.4 Å². The van der Waals surface area contributed by atoms with Gasteiger partial charge in [0.15, 0.2) is 6.10 Å². The monoisotopic (exact) mass is 659 g/mol. The van der Waals surface area contributed by atoms with E-state index in [2.05, 4.69) is 62.5 Å². The molecule has 5 nitrogen and oxygen atoms in total. The van der Waals surface area contributed by atoms with Gasteiger partial charge in [0.25, 0.3) is 0 Å². The average Bonchev–Trinajstić information content (AvgIpc) is 3.07. The number of aliphatic hydroxyl groups excluding tert-OH is 1. The van der Waals surface area contributed by atoms with Crippen LogP contribution in [0, 0.1) is 0 Å². The van der Waals surface area contributed by atoms with E-state index in [-0.39, 0.29) is 25.2 Å². The van der Waals surface area contributed by atoms with Gasteiger partial charge >= 0.3 is 11.9 Å². The highest BCUT2D eigenvalue weighted by molar-refractivity contribution is 5.70. The van der Waals surface area contributed by atoms with E-state index in [1.54, 1.807) is 0 Å². The molecule has 0 saturated carbocycles. The number of unbranched alkanes of at least 4 members (excludes halogenated alkanes) is 19. The lowest BCUT2D eigenvalue weighted by molar-refractivity contribution is -0.161. The number of esters is 2. The summed E-state index contributed by atoms with van der Waals surface area (Å²) >= 11 is 0. The predicted molar refractivity (Wildman–Crippen MR) is 200 cm³/mol. The zero-order valence-electron chi connectivity index (χ0n) is 30.8. The van der Waals surface area contributed by atoms with Crippen LogP contribution in [0.5, 0.6) is 0 Å². The van der Waals surface area contributed by atoms with Crippen LogP contribution in [0.4, 0.5) is 0 Å². The topological polar surface area (TPSA) is 72.8 Å². The minimum atomic E-state index is -0.791. The molecule has 0 bridgehead atoms. The Hall–Kier alpha value is -2.14. The second-order valence-corrected chi connectivity index (χ2v) is 13.0. The second kappa shape index (κ2) is 38.3. The summed E-state index contributed by atoms with van der Waals surface area (Å²) in [5, 5.41) is 9.54. The maximum atomic E-state index is 12.1. The average molecular weight is 659 g/mol. The van der Waals surface area contributed by atoms with E-state index in [1.165, 1.54) is 96.3 Å². The van der Waals surface area contributed by atoms with Crippen molar-refractivity contribution in [3.8, 4) is 0 Å². The molecule has 0 aliphatic carbocycles. The first-order valence-corrected chi connectivity index (χ1v) is 19.7. The molecule has 47 heavy (non-hydrogen) atoms. The standard InChI is InChI=1S/C42H74O5/c1-3-5-7-9-11-13-15-17-19-20-21-23-24-26-28-30-32-34-36-41(44)46-39-40(38-43)47-42(45)37-35-33-31-29-27-25-22-18-16-14-12-10-8-6-4-2/h6,8,12,14,18,22,27,29,40,43H,3-5,7,9-11,13,15-17,19-21,23-26,28,30-39H2,1-2H3/b8-6-,14-12-,22-18-,29-27-. The minimum Gasteiger partial charge on any atom is -0.462 e. The van der Waals surface area contributed by atoms with Gasteiger partial charge in [-0.2, -0.15) is 0 Å². The molecule has 0 aromatic carbocycles. The molecule has 1 unspecified atom stereocenters. The molecule has 5 heteroatoms. The summed E-state index contributed by atoms with van der Waals surface area (Å²) in [6.45, 7) is 3.99. The van der Waals surface area contributed by atoms with Crippen LogP contribution in [0.1, 0.15) is 187 Å². The van der Waals surface area contributed by atoms with Gasteiger partial charge in [0.1, 0.15) is 6.61 Å². The lowest BCUT2D eigenvalue weighted by Gasteiger charge is -2.15. The Morgan fingerprint density at radius 2 is 0.915 bits per heavy atom. The van der Waals surface area contributed by atoms with Crippen molar-refractivity contribution < 1.29 is 24.2 Å². The second-order valence-electron chi connectivity index (χ2n) is 13.0. The van der Waals surface area contributed by atoms with Crippen LogP contribution < -0.4 is 0 Å². The highest BCUT2D eigenvalue weighted by Crippen LogP contribution is 2.15. The Kier molecular flexibility index (Phi) is 36.6. The summed E-state index contributed by atoms with van der Waals surface area (Å²) in [7, 11) is 0. The molecule has 0 amide bonds. The predicted octanol–water partition coefficient (Wildman–Crippen LogP) is 12.2. The van der Waals surface area contributed by atoms with Crippen molar-refractivity contribution in [2.45, 2.75) is 193 Å². The van der Waals surface area contributed by atoms with Crippen LogP contribution in [0.2, 0.25) is 0 Å². The van der Waals surface area contributed by atoms with Crippen LogP contribution in [0.15, 0.2) is 48.6 Å². The Balaban J connectivity index is 3.59. The van der Waals surface area contributed by atoms with Crippen LogP contribution in [0.25, 0.3) is 0 Å². The first-order valence-electron chi connectivity index (χ1n) is 19.7. The van der Waals surface area contributed by atoms with Gasteiger partial charge in [-0.3, -0.25) is 9.59 Å². The van der Waals surface area contributed by atoms with Crippen molar-refractivity contribution in [1.29, 1.82) is 0 Å². The molecule has 0 aromatic rings. The Morgan fingerprint density at radius 1 is 0.511 bits per heavy atom. The summed E-state index contributed by atoms with van der Waals surface area (Å²) in [6, 6.07) is 0. The number of carbonyl (C=O) groups excluding carboxylic acids is 2. The molecule has 272 valence electrons. The Labute approximate surface area is 290 Å². The molecule has 1 atom stereocenters. The lowest BCUT2D eigenvalue weighted by atomic mass is 10.0. The van der Waals surface area contributed by atoms with Gasteiger partial charge in [-0.1, -0.05) is 172 Å². The molecule has 0 spiro atoms. The van der Waals surface area contributed by atoms with Gasteiger partial charge in [-0.05, 0) is 51.4 Å². The zero-order chi connectivity index (χ0) is 34.3. The third kappa shape index (κ3) is 36.5. The fourth-order valence-corrected chi connectivity index (χ4v) is 5.43. The lowest BCUT2D eigenvalue weighted by Crippen LogP contribution is -2.28. The van der Waals surface area contributed by atoms with E-state index in [9.17, 15) is 14.7 Å². The molecular weight excluding hydrogens is 584 g/mol. The summed E-state index contributed by atoms with van der Waals surface area (Å²) in [4.78, 5) is 24.2. The number of carbonyl (C=O) groups is 2. The van der Waals surface area contributed by atoms with E-state index in [1.807, 2.05) is 0 Å². The normalized spacial score (nSPS) is 12.7. The van der Waals surface area contributed by atoms with Crippen LogP contribution in [-0.2, 0) is 19.1 Å². The van der Waals surface area contributed by atoms with Crippen molar-refractivity contribution in [2.24, 2.45) is 0 Å². The number of hydrogen-bond donors (Lipinski definition) is 1. The third-order valence-electron chi connectivity index (χ3n) is 8.39. The minimum absolute atomic E-state index is 0.0813. The highest BCUT2D eigenvalue weighted by atomic mass is 16.6. The summed E-state index contributed by atoms with van der Waals surface area (Å²) < 4.78 is 10.6. The van der Waals surface area contributed by atoms with Crippen LogP contribution >= 0.6 is 0 Å². The van der Waals surface area contributed by atoms with Gasteiger partial charge in [-0.15, -0.1) is 0 Å². The summed E-state index contributed by atoms with van der Waals surface area (Å²) in [6.07, 6.45) is 47.5. The van der Waals surface area contributed by atoms with Gasteiger partial charge < -0.3 is 14.6 Å². The van der Waals surface area contributed by atoms with Crippen molar-refractivity contribution in [1.82, 2.24) is 0 Å². The van der Waals surface area contributed by atoms with E-state index < -0.39 is 6.10 Å². The molecule has 0 rings (SSSR count). The largest absolute Gasteiger partial charge is 0.462 e. The number of aliphatic hydroxyl groups is 1. The molecule has 0 heterocycles. The Bertz CT molecular complexity index is 797. The van der Waals surface area contributed by atoms with Crippen LogP contribution in [0.3, 0.4) is 0 Å². The number of rotatable bonds is 35. The SMILES string of the molecule is CC/C=C\C/C=C\C/C=C\C/C=C\CCCCC(=O)OC(CO)COC(=O)CCCCCCCCCCCCCCCCCCCC. The van der Waals surface area contributed by atoms with E-state index in [0.29, 0.717) is 12.8 Å². The van der Waals surface area contributed by atoms with Crippen molar-refractivity contribution in [3.63, 3.8) is 0 Å². The van der Waals surface area contributed by atoms with Crippen molar-refractivity contribution in [2.75, 3.05) is 13.2 Å². The van der Waals surface area contributed by atoms with Crippen molar-refractivity contribution >= 4 is 11.9 Å². The molecule has 0 aliphatic heterocycles. The Morgan fingerprint density at radius 3 is 1.38 bits per heavy atom. The molecule has 0 aromatic heterocycles. The first-order chi connectivity index (χ1) is 23.1. The van der Waals surface area contributed by atoms with Gasteiger partial charge in [0, 0.05) is 12.8 Å². The van der Waals surface area contributed by atoms with E-state index >= 15 is 0 Å². The number of ether oxygens (including phenoxy) is 2. The molecule has 0 fully saturated rings. The number of hydrogen-bond acceptors (Lipinski definition) is 5. The smallest absolute Gasteiger partial charge is 0.306 e. The van der Waals surface area contributed by atoms with Gasteiger partial charge in [0.05, 0.1) is 6.61 Å². The van der Waals surface area contributed by atoms with Gasteiger partial charge in [0.2, 0.25) is 0 Å². The number of allylic oxidation sites excluding steroid dienone is 8. The molecule has 0 saturated heterocycles. The van der Waals surface area contributed by atoms with E-state index in [0.717, 1.165) is 64.2 Å². The van der Waals surface area contributed by atoms with Gasteiger partial charge in [-0.25, -0.2) is 0 Å². The molecule has 1 N–H and O–H groups in total. The maximum Gasteiger partial charge on any atom is 0.306 e. The fraction of sp³-hybridized carbons (Fsp3) is 0.762. The third-order valence-corrected chi connectivity index (χ3v) is 8.39. The molecule has 0 radical (unpaired) electrons. The highest BCUT2D eigenvalue weighted by Gasteiger charge is 2.16. The van der Waals surface area contributed by atoms with E-state index in [4.69, 9.17) is 9.47 Å². The zero-order valence-corrected chi connectivity index (χ0v) is 30.8. The summed E-state index contributed by atoms with van der Waals surface area (Å²) in [5.41, 5.74) is 0. The first kappa shape index (κ1) is 44.9. The summed E-state index contributed by atoms with van der Waals surface area (Å²) in [5.74, 6) is -0.636. The van der Waals surface area contributed by atoms with Crippen molar-refractivity contribution in [3.05, 3.63) is 48.6 Å².